The van der Waals surface area contributed by atoms with E-state index in [9.17, 15) is 14.9 Å². The second-order valence-corrected chi connectivity index (χ2v) is 6.20. The molecule has 3 rings (SSSR count). The number of amides is 1. The topological polar surface area (TPSA) is 134 Å². The second-order valence-electron chi connectivity index (χ2n) is 6.20. The van der Waals surface area contributed by atoms with Crippen molar-refractivity contribution in [3.05, 3.63) is 69.7 Å². The van der Waals surface area contributed by atoms with Gasteiger partial charge in [-0.15, -0.1) is 5.10 Å². The van der Waals surface area contributed by atoms with Crippen LogP contribution in [0.25, 0.3) is 5.69 Å². The standard InChI is InChI=1S/C19H20N6O5/c1-13-17(22-23-24(13)15-6-3-7-16(11-15)25(27)28)18(26)21-12-14-5-4-8-20-19(14)30-10-9-29-2/h3-8,11H,9-10,12H2,1-2H3,(H,21,26). The van der Waals surface area contributed by atoms with Crippen molar-refractivity contribution in [3.63, 3.8) is 0 Å². The molecule has 0 aliphatic carbocycles. The molecule has 1 amide bonds. The maximum absolute atomic E-state index is 12.6. The van der Waals surface area contributed by atoms with E-state index in [-0.39, 0.29) is 17.9 Å². The number of carbonyl (C=O) groups is 1. The van der Waals surface area contributed by atoms with Crippen molar-refractivity contribution >= 4 is 11.6 Å². The Hall–Kier alpha value is -3.86. The fourth-order valence-corrected chi connectivity index (χ4v) is 2.69. The molecule has 0 atom stereocenters. The van der Waals surface area contributed by atoms with Crippen molar-refractivity contribution in [2.24, 2.45) is 0 Å². The first-order valence-electron chi connectivity index (χ1n) is 9.02. The monoisotopic (exact) mass is 412 g/mol. The summed E-state index contributed by atoms with van der Waals surface area (Å²) in [5.41, 5.74) is 1.63. The van der Waals surface area contributed by atoms with Gasteiger partial charge in [0.15, 0.2) is 5.69 Å². The van der Waals surface area contributed by atoms with E-state index < -0.39 is 10.8 Å². The number of nitro groups is 1. The first kappa shape index (κ1) is 20.9. The molecular formula is C19H20N6O5. The summed E-state index contributed by atoms with van der Waals surface area (Å²) in [6.45, 7) is 2.60. The first-order chi connectivity index (χ1) is 14.5. The number of carbonyl (C=O) groups excluding carboxylic acids is 1. The Kier molecular flexibility index (Phi) is 6.65. The molecule has 156 valence electrons. The van der Waals surface area contributed by atoms with Crippen LogP contribution in [0.5, 0.6) is 5.88 Å². The lowest BCUT2D eigenvalue weighted by molar-refractivity contribution is -0.384. The lowest BCUT2D eigenvalue weighted by Crippen LogP contribution is -2.24. The van der Waals surface area contributed by atoms with Crippen LogP contribution in [0.15, 0.2) is 42.6 Å². The van der Waals surface area contributed by atoms with E-state index in [0.717, 1.165) is 0 Å². The number of hydrogen-bond donors (Lipinski definition) is 1. The average molecular weight is 412 g/mol. The minimum atomic E-state index is -0.496. The van der Waals surface area contributed by atoms with Crippen LogP contribution >= 0.6 is 0 Å². The number of pyridine rings is 1. The van der Waals surface area contributed by atoms with Crippen LogP contribution in [0.3, 0.4) is 0 Å². The summed E-state index contributed by atoms with van der Waals surface area (Å²) in [5, 5.41) is 21.6. The number of benzene rings is 1. The normalized spacial score (nSPS) is 10.6. The Bertz CT molecular complexity index is 1050. The molecule has 11 nitrogen and oxygen atoms in total. The van der Waals surface area contributed by atoms with Crippen LogP contribution in [-0.4, -0.2) is 51.1 Å². The molecule has 0 spiro atoms. The van der Waals surface area contributed by atoms with Gasteiger partial charge in [-0.2, -0.15) is 0 Å². The third-order valence-corrected chi connectivity index (χ3v) is 4.21. The zero-order chi connectivity index (χ0) is 21.5. The Morgan fingerprint density at radius 3 is 2.87 bits per heavy atom. The lowest BCUT2D eigenvalue weighted by Gasteiger charge is -2.10. The summed E-state index contributed by atoms with van der Waals surface area (Å²) < 4.78 is 11.9. The summed E-state index contributed by atoms with van der Waals surface area (Å²) in [6.07, 6.45) is 1.60. The molecule has 0 saturated heterocycles. The molecule has 0 aliphatic rings. The molecule has 2 heterocycles. The third kappa shape index (κ3) is 4.75. The highest BCUT2D eigenvalue weighted by molar-refractivity contribution is 5.93. The van der Waals surface area contributed by atoms with E-state index >= 15 is 0 Å². The van der Waals surface area contributed by atoms with Crippen molar-refractivity contribution in [2.75, 3.05) is 20.3 Å². The van der Waals surface area contributed by atoms with E-state index in [2.05, 4.69) is 20.6 Å². The molecule has 0 aliphatic heterocycles. The number of nitro benzene ring substituents is 1. The van der Waals surface area contributed by atoms with Gasteiger partial charge in [-0.05, 0) is 19.1 Å². The van der Waals surface area contributed by atoms with Gasteiger partial charge in [0.1, 0.15) is 6.61 Å². The highest BCUT2D eigenvalue weighted by atomic mass is 16.6. The molecule has 0 bridgehead atoms. The van der Waals surface area contributed by atoms with Gasteiger partial charge in [0.25, 0.3) is 11.6 Å². The van der Waals surface area contributed by atoms with Gasteiger partial charge in [-0.25, -0.2) is 9.67 Å². The van der Waals surface area contributed by atoms with Crippen LogP contribution in [0.1, 0.15) is 21.7 Å². The van der Waals surface area contributed by atoms with Crippen LogP contribution in [-0.2, 0) is 11.3 Å². The van der Waals surface area contributed by atoms with E-state index in [4.69, 9.17) is 9.47 Å². The predicted molar refractivity (Wildman–Crippen MR) is 106 cm³/mol. The Labute approximate surface area is 171 Å². The summed E-state index contributed by atoms with van der Waals surface area (Å²) >= 11 is 0. The number of ether oxygens (including phenoxy) is 2. The zero-order valence-electron chi connectivity index (χ0n) is 16.4. The van der Waals surface area contributed by atoms with Gasteiger partial charge in [-0.3, -0.25) is 14.9 Å². The molecular weight excluding hydrogens is 392 g/mol. The van der Waals surface area contributed by atoms with Crippen LogP contribution in [0.4, 0.5) is 5.69 Å². The van der Waals surface area contributed by atoms with Gasteiger partial charge in [-0.1, -0.05) is 17.3 Å². The van der Waals surface area contributed by atoms with Gasteiger partial charge in [0.05, 0.1) is 22.9 Å². The summed E-state index contributed by atoms with van der Waals surface area (Å²) in [7, 11) is 1.58. The fourth-order valence-electron chi connectivity index (χ4n) is 2.69. The first-order valence-corrected chi connectivity index (χ1v) is 9.02. The molecule has 0 fully saturated rings. The molecule has 11 heteroatoms. The number of hydrogen-bond acceptors (Lipinski definition) is 8. The number of nitrogens with one attached hydrogen (secondary N) is 1. The summed E-state index contributed by atoms with van der Waals surface area (Å²) in [5.74, 6) is -0.0253. The van der Waals surface area contributed by atoms with Crippen molar-refractivity contribution in [1.82, 2.24) is 25.3 Å². The van der Waals surface area contributed by atoms with Crippen molar-refractivity contribution in [1.29, 1.82) is 0 Å². The van der Waals surface area contributed by atoms with Crippen LogP contribution in [0.2, 0.25) is 0 Å². The maximum Gasteiger partial charge on any atom is 0.274 e. The smallest absolute Gasteiger partial charge is 0.274 e. The van der Waals surface area contributed by atoms with Crippen LogP contribution < -0.4 is 10.1 Å². The van der Waals surface area contributed by atoms with Gasteiger partial charge in [0, 0.05) is 37.5 Å². The number of nitrogens with zero attached hydrogens (tertiary/aromatic N) is 5. The minimum absolute atomic E-state index is 0.0778. The van der Waals surface area contributed by atoms with E-state index in [1.54, 1.807) is 44.5 Å². The second kappa shape index (κ2) is 9.56. The largest absolute Gasteiger partial charge is 0.475 e. The molecule has 0 saturated carbocycles. The van der Waals surface area contributed by atoms with Crippen molar-refractivity contribution < 1.29 is 19.2 Å². The molecule has 30 heavy (non-hydrogen) atoms. The van der Waals surface area contributed by atoms with Gasteiger partial charge < -0.3 is 14.8 Å². The van der Waals surface area contributed by atoms with E-state index in [1.165, 1.54) is 16.8 Å². The van der Waals surface area contributed by atoms with Gasteiger partial charge >= 0.3 is 0 Å². The quantitative estimate of drug-likeness (QED) is 0.320. The molecule has 2 aromatic heterocycles. The Balaban J connectivity index is 1.72. The highest BCUT2D eigenvalue weighted by Crippen LogP contribution is 2.19. The third-order valence-electron chi connectivity index (χ3n) is 4.21. The SMILES string of the molecule is COCCOc1ncccc1CNC(=O)c1nnn(-c2cccc([N+](=O)[O-])c2)c1C. The van der Waals surface area contributed by atoms with Crippen molar-refractivity contribution in [2.45, 2.75) is 13.5 Å². The molecule has 0 unspecified atom stereocenters. The maximum atomic E-state index is 12.6. The van der Waals surface area contributed by atoms with E-state index in [0.29, 0.717) is 36.0 Å². The number of rotatable bonds is 9. The number of aromatic nitrogens is 4. The van der Waals surface area contributed by atoms with E-state index in [1.807, 2.05) is 0 Å². The minimum Gasteiger partial charge on any atom is -0.475 e. The predicted octanol–water partition coefficient (Wildman–Crippen LogP) is 1.83. The Morgan fingerprint density at radius 2 is 2.10 bits per heavy atom. The number of non-ortho nitro benzene ring substituents is 1. The molecule has 1 aromatic carbocycles. The molecule has 3 aromatic rings. The molecule has 0 radical (unpaired) electrons. The number of methoxy groups -OCH3 is 1. The van der Waals surface area contributed by atoms with Gasteiger partial charge in [0.2, 0.25) is 5.88 Å². The zero-order valence-corrected chi connectivity index (χ0v) is 16.4. The Morgan fingerprint density at radius 1 is 1.27 bits per heavy atom. The summed E-state index contributed by atoms with van der Waals surface area (Å²) in [4.78, 5) is 27.3. The lowest BCUT2D eigenvalue weighted by atomic mass is 10.2. The summed E-state index contributed by atoms with van der Waals surface area (Å²) in [6, 6.07) is 9.47. The average Bonchev–Trinajstić information content (AvgIpc) is 3.14. The fraction of sp³-hybridized carbons (Fsp3) is 0.263. The van der Waals surface area contributed by atoms with Crippen molar-refractivity contribution in [3.8, 4) is 11.6 Å². The molecule has 1 N–H and O–H groups in total. The van der Waals surface area contributed by atoms with Crippen LogP contribution in [0, 0.1) is 17.0 Å². The highest BCUT2D eigenvalue weighted by Gasteiger charge is 2.19.